The van der Waals surface area contributed by atoms with E-state index in [4.69, 9.17) is 0 Å². The SMILES string of the molecule is O=C(NC1CCCCCCC1)c1ccc2ccccc2c1. The first-order valence-electron chi connectivity index (χ1n) is 8.12. The third-order valence-electron chi connectivity index (χ3n) is 4.45. The van der Waals surface area contributed by atoms with Gasteiger partial charge < -0.3 is 5.32 Å². The summed E-state index contributed by atoms with van der Waals surface area (Å²) in [6.07, 6.45) is 8.69. The smallest absolute Gasteiger partial charge is 0.251 e. The minimum Gasteiger partial charge on any atom is -0.349 e. The van der Waals surface area contributed by atoms with Crippen LogP contribution in [0.15, 0.2) is 42.5 Å². The predicted octanol–water partition coefficient (Wildman–Crippen LogP) is 4.68. The third-order valence-corrected chi connectivity index (χ3v) is 4.45. The Labute approximate surface area is 126 Å². The second-order valence-electron chi connectivity index (χ2n) is 6.08. The van der Waals surface area contributed by atoms with E-state index in [-0.39, 0.29) is 5.91 Å². The summed E-state index contributed by atoms with van der Waals surface area (Å²) in [7, 11) is 0. The molecule has 110 valence electrons. The van der Waals surface area contributed by atoms with E-state index in [1.165, 1.54) is 37.5 Å². The molecule has 0 heterocycles. The Morgan fingerprint density at radius 2 is 1.52 bits per heavy atom. The number of carbonyl (C=O) groups excluding carboxylic acids is 1. The summed E-state index contributed by atoms with van der Waals surface area (Å²) in [5.74, 6) is 0.0753. The maximum atomic E-state index is 12.4. The number of fused-ring (bicyclic) bond motifs is 1. The Morgan fingerprint density at radius 3 is 2.29 bits per heavy atom. The van der Waals surface area contributed by atoms with E-state index in [0.717, 1.165) is 23.8 Å². The molecule has 21 heavy (non-hydrogen) atoms. The first-order valence-corrected chi connectivity index (χ1v) is 8.12. The summed E-state index contributed by atoms with van der Waals surface area (Å²) in [6.45, 7) is 0. The van der Waals surface area contributed by atoms with Gasteiger partial charge in [0.2, 0.25) is 0 Å². The monoisotopic (exact) mass is 281 g/mol. The summed E-state index contributed by atoms with van der Waals surface area (Å²) < 4.78 is 0. The van der Waals surface area contributed by atoms with E-state index in [1.54, 1.807) is 0 Å². The van der Waals surface area contributed by atoms with Crippen molar-refractivity contribution in [3.8, 4) is 0 Å². The molecule has 1 amide bonds. The lowest BCUT2D eigenvalue weighted by Crippen LogP contribution is -2.35. The maximum absolute atomic E-state index is 12.4. The predicted molar refractivity (Wildman–Crippen MR) is 87.5 cm³/mol. The molecule has 0 aliphatic heterocycles. The van der Waals surface area contributed by atoms with Gasteiger partial charge >= 0.3 is 0 Å². The Morgan fingerprint density at radius 1 is 0.857 bits per heavy atom. The fourth-order valence-corrected chi connectivity index (χ4v) is 3.20. The number of carbonyl (C=O) groups is 1. The molecule has 0 unspecified atom stereocenters. The topological polar surface area (TPSA) is 29.1 Å². The number of amides is 1. The van der Waals surface area contributed by atoms with Crippen LogP contribution in [-0.2, 0) is 0 Å². The summed E-state index contributed by atoms with van der Waals surface area (Å²) >= 11 is 0. The van der Waals surface area contributed by atoms with Gasteiger partial charge in [-0.2, -0.15) is 0 Å². The second-order valence-corrected chi connectivity index (χ2v) is 6.08. The normalized spacial score (nSPS) is 17.1. The van der Waals surface area contributed by atoms with Crippen LogP contribution >= 0.6 is 0 Å². The maximum Gasteiger partial charge on any atom is 0.251 e. The summed E-state index contributed by atoms with van der Waals surface area (Å²) in [6, 6.07) is 14.5. The first-order chi connectivity index (χ1) is 10.3. The Balaban J connectivity index is 1.70. The van der Waals surface area contributed by atoms with Crippen molar-refractivity contribution in [1.82, 2.24) is 5.32 Å². The van der Waals surface area contributed by atoms with Crippen molar-refractivity contribution in [2.45, 2.75) is 51.0 Å². The second kappa shape index (κ2) is 6.75. The van der Waals surface area contributed by atoms with Crippen molar-refractivity contribution in [2.75, 3.05) is 0 Å². The molecule has 2 nitrogen and oxygen atoms in total. The molecule has 1 aliphatic carbocycles. The van der Waals surface area contributed by atoms with E-state index >= 15 is 0 Å². The van der Waals surface area contributed by atoms with Crippen molar-refractivity contribution in [2.24, 2.45) is 0 Å². The van der Waals surface area contributed by atoms with Gasteiger partial charge in [0, 0.05) is 11.6 Å². The quantitative estimate of drug-likeness (QED) is 0.850. The Hall–Kier alpha value is -1.83. The minimum absolute atomic E-state index is 0.0753. The lowest BCUT2D eigenvalue weighted by molar-refractivity contribution is 0.0930. The lowest BCUT2D eigenvalue weighted by atomic mass is 9.96. The molecular weight excluding hydrogens is 258 g/mol. The highest BCUT2D eigenvalue weighted by atomic mass is 16.1. The molecule has 1 N–H and O–H groups in total. The Kier molecular flexibility index (Phi) is 4.54. The lowest BCUT2D eigenvalue weighted by Gasteiger charge is -2.21. The molecule has 1 aliphatic rings. The van der Waals surface area contributed by atoms with Crippen molar-refractivity contribution in [3.63, 3.8) is 0 Å². The molecule has 0 spiro atoms. The number of hydrogen-bond acceptors (Lipinski definition) is 1. The number of rotatable bonds is 2. The highest BCUT2D eigenvalue weighted by Gasteiger charge is 2.15. The molecule has 1 saturated carbocycles. The van der Waals surface area contributed by atoms with Gasteiger partial charge in [-0.25, -0.2) is 0 Å². The third kappa shape index (κ3) is 3.63. The van der Waals surface area contributed by atoms with Crippen molar-refractivity contribution in [3.05, 3.63) is 48.0 Å². The van der Waals surface area contributed by atoms with Crippen molar-refractivity contribution >= 4 is 16.7 Å². The van der Waals surface area contributed by atoms with E-state index in [2.05, 4.69) is 17.4 Å². The molecule has 2 aromatic carbocycles. The fraction of sp³-hybridized carbons (Fsp3) is 0.421. The molecule has 2 heteroatoms. The highest BCUT2D eigenvalue weighted by Crippen LogP contribution is 2.19. The van der Waals surface area contributed by atoms with E-state index < -0.39 is 0 Å². The van der Waals surface area contributed by atoms with Crippen molar-refractivity contribution in [1.29, 1.82) is 0 Å². The molecule has 0 bridgehead atoms. The summed E-state index contributed by atoms with van der Waals surface area (Å²) in [4.78, 5) is 12.4. The molecular formula is C19H23NO. The van der Waals surface area contributed by atoms with Gasteiger partial charge in [-0.1, -0.05) is 62.4 Å². The van der Waals surface area contributed by atoms with Crippen LogP contribution in [0.3, 0.4) is 0 Å². The molecule has 0 aromatic heterocycles. The molecule has 2 aromatic rings. The van der Waals surface area contributed by atoms with Crippen LogP contribution in [0, 0.1) is 0 Å². The van der Waals surface area contributed by atoms with E-state index in [0.29, 0.717) is 6.04 Å². The summed E-state index contributed by atoms with van der Waals surface area (Å²) in [5.41, 5.74) is 0.774. The van der Waals surface area contributed by atoms with E-state index in [1.807, 2.05) is 30.3 Å². The van der Waals surface area contributed by atoms with Crippen LogP contribution in [0.2, 0.25) is 0 Å². The number of nitrogens with one attached hydrogen (secondary N) is 1. The van der Waals surface area contributed by atoms with Crippen LogP contribution in [-0.4, -0.2) is 11.9 Å². The zero-order valence-electron chi connectivity index (χ0n) is 12.5. The Bertz CT molecular complexity index is 612. The summed E-state index contributed by atoms with van der Waals surface area (Å²) in [5, 5.41) is 5.54. The van der Waals surface area contributed by atoms with Gasteiger partial charge in [0.1, 0.15) is 0 Å². The molecule has 0 saturated heterocycles. The molecule has 1 fully saturated rings. The van der Waals surface area contributed by atoms with Crippen LogP contribution in [0.25, 0.3) is 10.8 Å². The number of hydrogen-bond donors (Lipinski definition) is 1. The zero-order chi connectivity index (χ0) is 14.5. The molecule has 0 atom stereocenters. The fourth-order valence-electron chi connectivity index (χ4n) is 3.20. The highest BCUT2D eigenvalue weighted by molar-refractivity contribution is 5.98. The van der Waals surface area contributed by atoms with Crippen LogP contribution < -0.4 is 5.32 Å². The van der Waals surface area contributed by atoms with Gasteiger partial charge in [-0.05, 0) is 35.7 Å². The number of benzene rings is 2. The van der Waals surface area contributed by atoms with Gasteiger partial charge in [0.25, 0.3) is 5.91 Å². The van der Waals surface area contributed by atoms with Crippen LogP contribution in [0.4, 0.5) is 0 Å². The van der Waals surface area contributed by atoms with Gasteiger partial charge in [0.05, 0.1) is 0 Å². The van der Waals surface area contributed by atoms with Gasteiger partial charge in [0.15, 0.2) is 0 Å². The largest absolute Gasteiger partial charge is 0.349 e. The minimum atomic E-state index is 0.0753. The molecule has 0 radical (unpaired) electrons. The first kappa shape index (κ1) is 14.1. The van der Waals surface area contributed by atoms with Crippen molar-refractivity contribution < 1.29 is 4.79 Å². The van der Waals surface area contributed by atoms with Gasteiger partial charge in [-0.3, -0.25) is 4.79 Å². The van der Waals surface area contributed by atoms with E-state index in [9.17, 15) is 4.79 Å². The standard InChI is InChI=1S/C19H23NO/c21-19(20-18-10-4-2-1-3-5-11-18)17-13-12-15-8-6-7-9-16(15)14-17/h6-9,12-14,18H,1-5,10-11H2,(H,20,21). The average Bonchev–Trinajstić information content (AvgIpc) is 2.49. The zero-order valence-corrected chi connectivity index (χ0v) is 12.5. The van der Waals surface area contributed by atoms with Crippen LogP contribution in [0.1, 0.15) is 55.3 Å². The average molecular weight is 281 g/mol. The van der Waals surface area contributed by atoms with Gasteiger partial charge in [-0.15, -0.1) is 0 Å². The van der Waals surface area contributed by atoms with Crippen LogP contribution in [0.5, 0.6) is 0 Å². The molecule has 3 rings (SSSR count).